The van der Waals surface area contributed by atoms with Crippen molar-refractivity contribution in [1.82, 2.24) is 5.32 Å². The molecule has 1 aromatic carbocycles. The Morgan fingerprint density at radius 1 is 1.50 bits per heavy atom. The zero-order valence-electron chi connectivity index (χ0n) is 10.9. The fourth-order valence-electron chi connectivity index (χ4n) is 1.34. The number of rotatable bonds is 4. The van der Waals surface area contributed by atoms with Crippen molar-refractivity contribution in [2.75, 3.05) is 6.54 Å². The third-order valence-corrected chi connectivity index (χ3v) is 3.31. The van der Waals surface area contributed by atoms with Gasteiger partial charge in [0.05, 0.1) is 11.5 Å². The first-order valence-corrected chi connectivity index (χ1v) is 6.42. The molecule has 0 heterocycles. The molecule has 1 amide bonds. The summed E-state index contributed by atoms with van der Waals surface area (Å²) in [6.07, 6.45) is 0. The number of nitrogens with two attached hydrogens (primary N) is 1. The Labute approximate surface area is 123 Å². The maximum atomic E-state index is 12.0. The summed E-state index contributed by atoms with van der Waals surface area (Å²) in [5, 5.41) is 2.97. The molecule has 1 aromatic rings. The fraction of sp³-hybridized carbons (Fsp3) is 0.462. The third kappa shape index (κ3) is 4.59. The van der Waals surface area contributed by atoms with Gasteiger partial charge in [-0.2, -0.15) is 0 Å². The van der Waals surface area contributed by atoms with Crippen molar-refractivity contribution in [3.63, 3.8) is 0 Å². The predicted octanol–water partition coefficient (Wildman–Crippen LogP) is 3.03. The molecule has 0 aromatic heterocycles. The fourth-order valence-corrected chi connectivity index (χ4v) is 1.76. The largest absolute Gasteiger partial charge is 0.349 e. The van der Waals surface area contributed by atoms with Crippen LogP contribution in [0.4, 0.5) is 0 Å². The highest BCUT2D eigenvalue weighted by Crippen LogP contribution is 2.20. The van der Waals surface area contributed by atoms with E-state index in [-0.39, 0.29) is 24.4 Å². The third-order valence-electron chi connectivity index (χ3n) is 2.82. The minimum absolute atomic E-state index is 0. The average Bonchev–Trinajstić information content (AvgIpc) is 2.28. The molecule has 0 fully saturated rings. The normalized spacial score (nSPS) is 12.5. The summed E-state index contributed by atoms with van der Waals surface area (Å²) in [5.41, 5.74) is 6.12. The van der Waals surface area contributed by atoms with E-state index in [1.807, 2.05) is 45.0 Å². The Hall–Kier alpha value is -0.580. The zero-order valence-corrected chi connectivity index (χ0v) is 13.3. The van der Waals surface area contributed by atoms with Crippen molar-refractivity contribution in [2.24, 2.45) is 11.1 Å². The van der Waals surface area contributed by atoms with Gasteiger partial charge in [-0.1, -0.05) is 28.1 Å². The number of amides is 1. The number of nitrogens with one attached hydrogen (secondary N) is 1. The topological polar surface area (TPSA) is 55.1 Å². The van der Waals surface area contributed by atoms with E-state index in [1.54, 1.807) is 0 Å². The molecule has 3 nitrogen and oxygen atoms in total. The minimum Gasteiger partial charge on any atom is -0.349 e. The molecule has 3 N–H and O–H groups in total. The average molecular weight is 336 g/mol. The molecule has 0 bridgehead atoms. The monoisotopic (exact) mass is 334 g/mol. The van der Waals surface area contributed by atoms with Crippen molar-refractivity contribution in [1.29, 1.82) is 0 Å². The number of benzene rings is 1. The number of carbonyl (C=O) groups is 1. The Balaban J connectivity index is 0.00000289. The Morgan fingerprint density at radius 3 is 2.61 bits per heavy atom. The maximum absolute atomic E-state index is 12.0. The molecule has 102 valence electrons. The molecule has 5 heteroatoms. The van der Waals surface area contributed by atoms with Gasteiger partial charge in [-0.05, 0) is 38.5 Å². The van der Waals surface area contributed by atoms with E-state index in [1.165, 1.54) is 0 Å². The molecule has 1 unspecified atom stereocenters. The molecule has 1 atom stereocenters. The second-order valence-electron chi connectivity index (χ2n) is 4.84. The van der Waals surface area contributed by atoms with Crippen LogP contribution in [0.25, 0.3) is 0 Å². The van der Waals surface area contributed by atoms with Crippen LogP contribution in [0.1, 0.15) is 32.4 Å². The van der Waals surface area contributed by atoms with Crippen molar-refractivity contribution < 1.29 is 4.79 Å². The molecular formula is C13H20BrClN2O. The summed E-state index contributed by atoms with van der Waals surface area (Å²) in [6, 6.07) is 7.88. The van der Waals surface area contributed by atoms with E-state index in [2.05, 4.69) is 21.2 Å². The highest BCUT2D eigenvalue weighted by Gasteiger charge is 2.26. The first-order valence-electron chi connectivity index (χ1n) is 5.63. The Kier molecular flexibility index (Phi) is 6.89. The summed E-state index contributed by atoms with van der Waals surface area (Å²) in [5.74, 6) is -0.0209. The van der Waals surface area contributed by atoms with Crippen molar-refractivity contribution in [2.45, 2.75) is 26.8 Å². The van der Waals surface area contributed by atoms with E-state index in [0.29, 0.717) is 6.54 Å². The molecule has 0 radical (unpaired) electrons. The molecule has 0 saturated carbocycles. The summed E-state index contributed by atoms with van der Waals surface area (Å²) in [4.78, 5) is 12.0. The van der Waals surface area contributed by atoms with Crippen LogP contribution in [0.3, 0.4) is 0 Å². The number of hydrogen-bond acceptors (Lipinski definition) is 2. The molecule has 0 saturated heterocycles. The summed E-state index contributed by atoms with van der Waals surface area (Å²) < 4.78 is 1.01. The van der Waals surface area contributed by atoms with E-state index < -0.39 is 5.41 Å². The van der Waals surface area contributed by atoms with Gasteiger partial charge in [0, 0.05) is 11.0 Å². The van der Waals surface area contributed by atoms with Crippen LogP contribution in [0, 0.1) is 5.41 Å². The van der Waals surface area contributed by atoms with E-state index in [0.717, 1.165) is 10.0 Å². The van der Waals surface area contributed by atoms with Crippen LogP contribution in [0.2, 0.25) is 0 Å². The van der Waals surface area contributed by atoms with Gasteiger partial charge in [0.25, 0.3) is 0 Å². The molecule has 0 aliphatic carbocycles. The van der Waals surface area contributed by atoms with Gasteiger partial charge in [-0.25, -0.2) is 0 Å². The summed E-state index contributed by atoms with van der Waals surface area (Å²) in [7, 11) is 0. The highest BCUT2D eigenvalue weighted by molar-refractivity contribution is 9.10. The van der Waals surface area contributed by atoms with Gasteiger partial charge >= 0.3 is 0 Å². The van der Waals surface area contributed by atoms with Gasteiger partial charge in [0.15, 0.2) is 0 Å². The molecule has 0 spiro atoms. The number of halogens is 2. The Morgan fingerprint density at radius 2 is 2.11 bits per heavy atom. The highest BCUT2D eigenvalue weighted by atomic mass is 79.9. The quantitative estimate of drug-likeness (QED) is 0.888. The molecule has 18 heavy (non-hydrogen) atoms. The molecular weight excluding hydrogens is 316 g/mol. The van der Waals surface area contributed by atoms with Gasteiger partial charge in [-0.15, -0.1) is 12.4 Å². The Bertz CT molecular complexity index is 410. The first-order chi connectivity index (χ1) is 7.86. The van der Waals surface area contributed by atoms with Gasteiger partial charge in [0.2, 0.25) is 5.91 Å². The lowest BCUT2D eigenvalue weighted by atomic mass is 9.92. The van der Waals surface area contributed by atoms with Crippen molar-refractivity contribution in [3.8, 4) is 0 Å². The predicted molar refractivity (Wildman–Crippen MR) is 80.8 cm³/mol. The molecule has 1 rings (SSSR count). The van der Waals surface area contributed by atoms with Gasteiger partial charge in [0.1, 0.15) is 0 Å². The molecule has 0 aliphatic rings. The van der Waals surface area contributed by atoms with Crippen molar-refractivity contribution >= 4 is 34.2 Å². The smallest absolute Gasteiger partial charge is 0.227 e. The number of carbonyl (C=O) groups excluding carboxylic acids is 1. The number of hydrogen-bond donors (Lipinski definition) is 2. The van der Waals surface area contributed by atoms with Crippen molar-refractivity contribution in [3.05, 3.63) is 34.3 Å². The van der Waals surface area contributed by atoms with Crippen LogP contribution < -0.4 is 11.1 Å². The standard InChI is InChI=1S/C13H19BrN2O.ClH/c1-9(10-5-4-6-11(14)7-10)16-12(17)13(2,3)8-15;/h4-7,9H,8,15H2,1-3H3,(H,16,17);1H. The van der Waals surface area contributed by atoms with Gasteiger partial charge < -0.3 is 11.1 Å². The van der Waals surface area contributed by atoms with Crippen LogP contribution in [0.5, 0.6) is 0 Å². The lowest BCUT2D eigenvalue weighted by Crippen LogP contribution is -2.42. The lowest BCUT2D eigenvalue weighted by molar-refractivity contribution is -0.129. The van der Waals surface area contributed by atoms with Crippen LogP contribution in [0.15, 0.2) is 28.7 Å². The van der Waals surface area contributed by atoms with Crippen LogP contribution in [-0.2, 0) is 4.79 Å². The van der Waals surface area contributed by atoms with Gasteiger partial charge in [-0.3, -0.25) is 4.79 Å². The SMILES string of the molecule is CC(NC(=O)C(C)(C)CN)c1cccc(Br)c1.Cl. The van der Waals surface area contributed by atoms with E-state index in [4.69, 9.17) is 5.73 Å². The first kappa shape index (κ1) is 17.4. The molecule has 0 aliphatic heterocycles. The lowest BCUT2D eigenvalue weighted by Gasteiger charge is -2.24. The van der Waals surface area contributed by atoms with Crippen LogP contribution >= 0.6 is 28.3 Å². The zero-order chi connectivity index (χ0) is 13.1. The van der Waals surface area contributed by atoms with E-state index >= 15 is 0 Å². The second kappa shape index (κ2) is 7.12. The summed E-state index contributed by atoms with van der Waals surface area (Å²) >= 11 is 3.42. The minimum atomic E-state index is -0.528. The second-order valence-corrected chi connectivity index (χ2v) is 5.75. The summed E-state index contributed by atoms with van der Waals surface area (Å²) in [6.45, 7) is 5.99. The van der Waals surface area contributed by atoms with E-state index in [9.17, 15) is 4.79 Å². The maximum Gasteiger partial charge on any atom is 0.227 e. The van der Waals surface area contributed by atoms with Crippen LogP contribution in [-0.4, -0.2) is 12.5 Å².